The van der Waals surface area contributed by atoms with Crippen molar-refractivity contribution in [2.75, 3.05) is 7.05 Å². The van der Waals surface area contributed by atoms with Gasteiger partial charge >= 0.3 is 0 Å². The SMILES string of the molecule is CCc1cc(Cl)c(OCc2c(CC(=O)NC)cccc2C(F)F)cc1C. The fraction of sp³-hybridized carbons (Fsp3) is 0.350. The molecular weight excluding hydrogens is 360 g/mol. The van der Waals surface area contributed by atoms with Crippen LogP contribution in [0.4, 0.5) is 8.78 Å². The minimum Gasteiger partial charge on any atom is -0.487 e. The highest BCUT2D eigenvalue weighted by Crippen LogP contribution is 2.31. The maximum Gasteiger partial charge on any atom is 0.264 e. The van der Waals surface area contributed by atoms with Gasteiger partial charge in [0.1, 0.15) is 12.4 Å². The largest absolute Gasteiger partial charge is 0.487 e. The van der Waals surface area contributed by atoms with Gasteiger partial charge in [0.15, 0.2) is 0 Å². The van der Waals surface area contributed by atoms with E-state index in [-0.39, 0.29) is 24.5 Å². The van der Waals surface area contributed by atoms with Crippen molar-refractivity contribution in [2.45, 2.75) is 39.7 Å². The van der Waals surface area contributed by atoms with Crippen LogP contribution in [-0.2, 0) is 24.2 Å². The van der Waals surface area contributed by atoms with Crippen LogP contribution < -0.4 is 10.1 Å². The van der Waals surface area contributed by atoms with E-state index in [0.717, 1.165) is 17.5 Å². The number of amides is 1. The summed E-state index contributed by atoms with van der Waals surface area (Å²) in [4.78, 5) is 11.7. The molecule has 0 saturated heterocycles. The number of benzene rings is 2. The standard InChI is InChI=1S/C20H22ClF2NO2/c1-4-13-9-17(21)18(8-12(13)2)26-11-16-14(10-19(25)24-3)6-5-7-15(16)20(22)23/h5-9,20H,4,10-11H2,1-3H3,(H,24,25). The Morgan fingerprint density at radius 3 is 2.62 bits per heavy atom. The van der Waals surface area contributed by atoms with E-state index in [2.05, 4.69) is 5.32 Å². The Morgan fingerprint density at radius 2 is 2.00 bits per heavy atom. The second-order valence-corrected chi connectivity index (χ2v) is 6.39. The summed E-state index contributed by atoms with van der Waals surface area (Å²) in [6.45, 7) is 3.90. The number of rotatable bonds is 7. The molecule has 6 heteroatoms. The first-order valence-electron chi connectivity index (χ1n) is 8.38. The summed E-state index contributed by atoms with van der Waals surface area (Å²) < 4.78 is 32.6. The molecule has 0 saturated carbocycles. The molecule has 0 heterocycles. The van der Waals surface area contributed by atoms with E-state index in [9.17, 15) is 13.6 Å². The molecule has 1 amide bonds. The van der Waals surface area contributed by atoms with E-state index >= 15 is 0 Å². The van der Waals surface area contributed by atoms with Gasteiger partial charge in [0, 0.05) is 18.2 Å². The molecule has 0 unspecified atom stereocenters. The zero-order chi connectivity index (χ0) is 19.3. The van der Waals surface area contributed by atoms with Crippen LogP contribution in [0.1, 0.15) is 41.2 Å². The minimum absolute atomic E-state index is 0.0112. The van der Waals surface area contributed by atoms with Crippen LogP contribution in [0, 0.1) is 6.92 Å². The molecule has 0 aromatic heterocycles. The van der Waals surface area contributed by atoms with E-state index in [1.165, 1.54) is 19.2 Å². The number of nitrogens with one attached hydrogen (secondary N) is 1. The normalized spacial score (nSPS) is 10.9. The molecule has 0 bridgehead atoms. The molecule has 0 aliphatic carbocycles. The summed E-state index contributed by atoms with van der Waals surface area (Å²) in [5, 5.41) is 2.94. The molecular formula is C20H22ClF2NO2. The highest BCUT2D eigenvalue weighted by molar-refractivity contribution is 6.32. The minimum atomic E-state index is -2.65. The number of ether oxygens (including phenoxy) is 1. The molecule has 26 heavy (non-hydrogen) atoms. The van der Waals surface area contributed by atoms with Crippen LogP contribution in [0.3, 0.4) is 0 Å². The van der Waals surface area contributed by atoms with E-state index in [4.69, 9.17) is 16.3 Å². The van der Waals surface area contributed by atoms with Crippen molar-refractivity contribution in [3.05, 3.63) is 63.2 Å². The second kappa shape index (κ2) is 8.99. The molecule has 2 rings (SSSR count). The molecule has 0 radical (unpaired) electrons. The summed E-state index contributed by atoms with van der Waals surface area (Å²) in [6, 6.07) is 8.17. The van der Waals surface area contributed by atoms with Gasteiger partial charge in [-0.3, -0.25) is 4.79 Å². The third-order valence-corrected chi connectivity index (χ3v) is 4.61. The molecule has 1 N–H and O–H groups in total. The van der Waals surface area contributed by atoms with Gasteiger partial charge in [0.2, 0.25) is 5.91 Å². The van der Waals surface area contributed by atoms with Crippen LogP contribution in [0.15, 0.2) is 30.3 Å². The predicted octanol–water partition coefficient (Wildman–Crippen LogP) is 5.02. The number of hydrogen-bond donors (Lipinski definition) is 1. The lowest BCUT2D eigenvalue weighted by Crippen LogP contribution is -2.21. The molecule has 0 fully saturated rings. The van der Waals surface area contributed by atoms with Crippen LogP contribution in [0.5, 0.6) is 5.75 Å². The van der Waals surface area contributed by atoms with Crippen LogP contribution in [0.25, 0.3) is 0 Å². The molecule has 0 spiro atoms. The van der Waals surface area contributed by atoms with Crippen molar-refractivity contribution in [3.8, 4) is 5.75 Å². The van der Waals surface area contributed by atoms with Crippen molar-refractivity contribution in [3.63, 3.8) is 0 Å². The zero-order valence-electron chi connectivity index (χ0n) is 15.0. The fourth-order valence-electron chi connectivity index (χ4n) is 2.80. The smallest absolute Gasteiger partial charge is 0.264 e. The van der Waals surface area contributed by atoms with Crippen molar-refractivity contribution in [1.29, 1.82) is 0 Å². The number of carbonyl (C=O) groups is 1. The van der Waals surface area contributed by atoms with Gasteiger partial charge in [0.05, 0.1) is 11.4 Å². The van der Waals surface area contributed by atoms with Gasteiger partial charge in [-0.05, 0) is 42.2 Å². The summed E-state index contributed by atoms with van der Waals surface area (Å²) in [6.07, 6.45) is -1.80. The third-order valence-electron chi connectivity index (χ3n) is 4.32. The van der Waals surface area contributed by atoms with Crippen LogP contribution in [0.2, 0.25) is 5.02 Å². The number of aryl methyl sites for hydroxylation is 2. The summed E-state index contributed by atoms with van der Waals surface area (Å²) in [5.74, 6) is 0.190. The summed E-state index contributed by atoms with van der Waals surface area (Å²) in [7, 11) is 1.51. The van der Waals surface area contributed by atoms with E-state index < -0.39 is 6.43 Å². The Kier molecular flexibility index (Phi) is 6.98. The highest BCUT2D eigenvalue weighted by Gasteiger charge is 2.18. The van der Waals surface area contributed by atoms with E-state index in [0.29, 0.717) is 21.9 Å². The highest BCUT2D eigenvalue weighted by atomic mass is 35.5. The first-order chi connectivity index (χ1) is 12.4. The van der Waals surface area contributed by atoms with Gasteiger partial charge in [-0.25, -0.2) is 8.78 Å². The van der Waals surface area contributed by atoms with Crippen molar-refractivity contribution in [1.82, 2.24) is 5.32 Å². The monoisotopic (exact) mass is 381 g/mol. The van der Waals surface area contributed by atoms with Crippen LogP contribution in [-0.4, -0.2) is 13.0 Å². The van der Waals surface area contributed by atoms with Crippen molar-refractivity contribution >= 4 is 17.5 Å². The lowest BCUT2D eigenvalue weighted by atomic mass is 9.99. The molecule has 3 nitrogen and oxygen atoms in total. The van der Waals surface area contributed by atoms with Gasteiger partial charge in [0.25, 0.3) is 6.43 Å². The molecule has 140 valence electrons. The second-order valence-electron chi connectivity index (χ2n) is 5.99. The lowest BCUT2D eigenvalue weighted by molar-refractivity contribution is -0.119. The Labute approximate surface area is 157 Å². The average Bonchev–Trinajstić information content (AvgIpc) is 2.62. The van der Waals surface area contributed by atoms with Gasteiger partial charge < -0.3 is 10.1 Å². The number of halogens is 3. The third kappa shape index (κ3) is 4.73. The van der Waals surface area contributed by atoms with Crippen molar-refractivity contribution in [2.24, 2.45) is 0 Å². The molecule has 2 aromatic carbocycles. The summed E-state index contributed by atoms with van der Waals surface area (Å²) >= 11 is 6.26. The van der Waals surface area contributed by atoms with Crippen LogP contribution >= 0.6 is 11.6 Å². The maximum atomic E-state index is 13.4. The number of carbonyl (C=O) groups excluding carboxylic acids is 1. The molecule has 0 aliphatic rings. The average molecular weight is 382 g/mol. The van der Waals surface area contributed by atoms with Gasteiger partial charge in [-0.2, -0.15) is 0 Å². The Hall–Kier alpha value is -2.14. The predicted molar refractivity (Wildman–Crippen MR) is 99.1 cm³/mol. The first kappa shape index (κ1) is 20.2. The number of hydrogen-bond acceptors (Lipinski definition) is 2. The molecule has 0 aliphatic heterocycles. The Bertz CT molecular complexity index is 794. The quantitative estimate of drug-likeness (QED) is 0.731. The van der Waals surface area contributed by atoms with Crippen molar-refractivity contribution < 1.29 is 18.3 Å². The number of alkyl halides is 2. The van der Waals surface area contributed by atoms with Gasteiger partial charge in [-0.1, -0.05) is 36.7 Å². The van der Waals surface area contributed by atoms with E-state index in [1.54, 1.807) is 6.07 Å². The number of likely N-dealkylation sites (N-methyl/N-ethyl adjacent to an activating group) is 1. The molecule has 0 atom stereocenters. The molecule has 2 aromatic rings. The first-order valence-corrected chi connectivity index (χ1v) is 8.76. The van der Waals surface area contributed by atoms with Gasteiger partial charge in [-0.15, -0.1) is 0 Å². The zero-order valence-corrected chi connectivity index (χ0v) is 15.8. The summed E-state index contributed by atoms with van der Waals surface area (Å²) in [5.41, 5.74) is 2.83. The maximum absolute atomic E-state index is 13.4. The lowest BCUT2D eigenvalue weighted by Gasteiger charge is -2.17. The Morgan fingerprint density at radius 1 is 1.27 bits per heavy atom. The topological polar surface area (TPSA) is 38.3 Å². The Balaban J connectivity index is 2.33. The fourth-order valence-corrected chi connectivity index (χ4v) is 3.04. The van der Waals surface area contributed by atoms with E-state index in [1.807, 2.05) is 26.0 Å².